The molecule has 144 valence electrons. The van der Waals surface area contributed by atoms with Crippen molar-refractivity contribution in [2.24, 2.45) is 0 Å². The first-order chi connectivity index (χ1) is 13.1. The largest absolute Gasteiger partial charge is 0.357 e. The molecule has 1 atom stereocenters. The minimum absolute atomic E-state index is 0.432. The molecule has 2 aromatic rings. The van der Waals surface area contributed by atoms with E-state index in [1.807, 2.05) is 20.0 Å². The molecule has 2 fully saturated rings. The van der Waals surface area contributed by atoms with Gasteiger partial charge in [-0.25, -0.2) is 19.9 Å². The maximum atomic E-state index is 4.82. The van der Waals surface area contributed by atoms with E-state index in [9.17, 15) is 0 Å². The van der Waals surface area contributed by atoms with Gasteiger partial charge in [0.25, 0.3) is 0 Å². The number of rotatable bonds is 4. The van der Waals surface area contributed by atoms with Crippen molar-refractivity contribution < 1.29 is 0 Å². The predicted octanol–water partition coefficient (Wildman–Crippen LogP) is 3.43. The van der Waals surface area contributed by atoms with Gasteiger partial charge in [-0.05, 0) is 46.0 Å². The fraction of sp³-hybridized carbons (Fsp3) is 0.619. The molecule has 2 saturated heterocycles. The van der Waals surface area contributed by atoms with Gasteiger partial charge in [-0.3, -0.25) is 0 Å². The van der Waals surface area contributed by atoms with Crippen molar-refractivity contribution in [3.63, 3.8) is 0 Å². The first-order valence-electron chi connectivity index (χ1n) is 10.3. The summed E-state index contributed by atoms with van der Waals surface area (Å²) in [7, 11) is 0. The summed E-state index contributed by atoms with van der Waals surface area (Å²) in [6.07, 6.45) is 7.83. The van der Waals surface area contributed by atoms with E-state index in [4.69, 9.17) is 15.0 Å². The topological polar surface area (TPSA) is 58.0 Å². The lowest BCUT2D eigenvalue weighted by molar-refractivity contribution is 0.495. The van der Waals surface area contributed by atoms with E-state index in [0.29, 0.717) is 5.92 Å². The zero-order chi connectivity index (χ0) is 18.8. The average molecular weight is 367 g/mol. The molecule has 2 aliphatic heterocycles. The molecule has 6 nitrogen and oxygen atoms in total. The SMILES string of the molecule is CCc1cnc(C)nc1N1CCC[C@H](c2cc(N3CCCC3)nc(C)n2)C1. The minimum atomic E-state index is 0.432. The van der Waals surface area contributed by atoms with Crippen LogP contribution in [0.5, 0.6) is 0 Å². The highest BCUT2D eigenvalue weighted by atomic mass is 15.2. The zero-order valence-corrected chi connectivity index (χ0v) is 16.8. The standard InChI is InChI=1S/C21H30N6/c1-4-17-13-22-15(2)25-21(17)27-11-7-8-18(14-27)19-12-20(24-16(3)23-19)26-9-5-6-10-26/h12-13,18H,4-11,14H2,1-3H3/t18-/m0/s1. The number of anilines is 2. The van der Waals surface area contributed by atoms with Crippen LogP contribution in [0.2, 0.25) is 0 Å². The Morgan fingerprint density at radius 1 is 0.963 bits per heavy atom. The first-order valence-corrected chi connectivity index (χ1v) is 10.3. The monoisotopic (exact) mass is 366 g/mol. The van der Waals surface area contributed by atoms with Crippen molar-refractivity contribution in [2.45, 2.75) is 58.8 Å². The summed E-state index contributed by atoms with van der Waals surface area (Å²) >= 11 is 0. The number of hydrogen-bond acceptors (Lipinski definition) is 6. The second kappa shape index (κ2) is 7.79. The van der Waals surface area contributed by atoms with Gasteiger partial charge < -0.3 is 9.80 Å². The second-order valence-electron chi connectivity index (χ2n) is 7.80. The highest BCUT2D eigenvalue weighted by molar-refractivity contribution is 5.48. The molecule has 4 heterocycles. The van der Waals surface area contributed by atoms with Crippen LogP contribution in [0, 0.1) is 13.8 Å². The van der Waals surface area contributed by atoms with Crippen LogP contribution in [0.4, 0.5) is 11.6 Å². The summed E-state index contributed by atoms with van der Waals surface area (Å²) in [4.78, 5) is 23.5. The Bertz CT molecular complexity index is 799. The Labute approximate surface area is 162 Å². The van der Waals surface area contributed by atoms with E-state index >= 15 is 0 Å². The molecule has 0 unspecified atom stereocenters. The van der Waals surface area contributed by atoms with Crippen LogP contribution in [0.15, 0.2) is 12.3 Å². The fourth-order valence-corrected chi connectivity index (χ4v) is 4.31. The third kappa shape index (κ3) is 3.89. The van der Waals surface area contributed by atoms with Crippen LogP contribution in [-0.2, 0) is 6.42 Å². The van der Waals surface area contributed by atoms with Gasteiger partial charge in [0, 0.05) is 49.9 Å². The van der Waals surface area contributed by atoms with Crippen LogP contribution < -0.4 is 9.80 Å². The van der Waals surface area contributed by atoms with Crippen LogP contribution in [0.3, 0.4) is 0 Å². The van der Waals surface area contributed by atoms with Crippen molar-refractivity contribution in [3.05, 3.63) is 35.2 Å². The zero-order valence-electron chi connectivity index (χ0n) is 16.8. The molecular weight excluding hydrogens is 336 g/mol. The quantitative estimate of drug-likeness (QED) is 0.826. The molecule has 6 heteroatoms. The lowest BCUT2D eigenvalue weighted by Gasteiger charge is -2.34. The molecule has 0 radical (unpaired) electrons. The molecule has 0 N–H and O–H groups in total. The summed E-state index contributed by atoms with van der Waals surface area (Å²) in [6.45, 7) is 10.4. The van der Waals surface area contributed by atoms with E-state index < -0.39 is 0 Å². The van der Waals surface area contributed by atoms with Crippen LogP contribution in [-0.4, -0.2) is 46.1 Å². The molecule has 4 rings (SSSR count). The maximum absolute atomic E-state index is 4.82. The van der Waals surface area contributed by atoms with E-state index in [0.717, 1.165) is 55.9 Å². The number of hydrogen-bond donors (Lipinski definition) is 0. The lowest BCUT2D eigenvalue weighted by atomic mass is 9.94. The number of aromatic nitrogens is 4. The smallest absolute Gasteiger partial charge is 0.135 e. The first kappa shape index (κ1) is 18.1. The molecule has 27 heavy (non-hydrogen) atoms. The van der Waals surface area contributed by atoms with E-state index in [2.05, 4.69) is 27.8 Å². The van der Waals surface area contributed by atoms with Crippen LogP contribution in [0.25, 0.3) is 0 Å². The molecule has 2 aliphatic rings. The van der Waals surface area contributed by atoms with Gasteiger partial charge in [0.15, 0.2) is 0 Å². The van der Waals surface area contributed by atoms with Crippen LogP contribution in [0.1, 0.15) is 61.4 Å². The van der Waals surface area contributed by atoms with Gasteiger partial charge >= 0.3 is 0 Å². The number of piperidine rings is 1. The summed E-state index contributed by atoms with van der Waals surface area (Å²) in [6, 6.07) is 2.23. The third-order valence-corrected chi connectivity index (χ3v) is 5.76. The van der Waals surface area contributed by atoms with Crippen molar-refractivity contribution >= 4 is 11.6 Å². The minimum Gasteiger partial charge on any atom is -0.357 e. The van der Waals surface area contributed by atoms with Gasteiger partial charge in [0.05, 0.1) is 5.69 Å². The summed E-state index contributed by atoms with van der Waals surface area (Å²) in [5.74, 6) is 4.39. The summed E-state index contributed by atoms with van der Waals surface area (Å²) in [5, 5.41) is 0. The summed E-state index contributed by atoms with van der Waals surface area (Å²) in [5.41, 5.74) is 2.43. The van der Waals surface area contributed by atoms with Crippen molar-refractivity contribution in [1.82, 2.24) is 19.9 Å². The number of nitrogens with zero attached hydrogens (tertiary/aromatic N) is 6. The molecule has 0 aromatic carbocycles. The molecular formula is C21H30N6. The molecule has 0 aliphatic carbocycles. The van der Waals surface area contributed by atoms with Crippen molar-refractivity contribution in [3.8, 4) is 0 Å². The molecule has 0 spiro atoms. The van der Waals surface area contributed by atoms with Crippen LogP contribution >= 0.6 is 0 Å². The Balaban J connectivity index is 1.59. The Kier molecular flexibility index (Phi) is 5.23. The predicted molar refractivity (Wildman–Crippen MR) is 109 cm³/mol. The maximum Gasteiger partial charge on any atom is 0.135 e. The average Bonchev–Trinajstić information content (AvgIpc) is 3.22. The van der Waals surface area contributed by atoms with Gasteiger partial charge in [0.1, 0.15) is 23.3 Å². The second-order valence-corrected chi connectivity index (χ2v) is 7.80. The number of aryl methyl sites for hydroxylation is 3. The van der Waals surface area contributed by atoms with Crippen molar-refractivity contribution in [1.29, 1.82) is 0 Å². The van der Waals surface area contributed by atoms with Gasteiger partial charge in [0.2, 0.25) is 0 Å². The molecule has 0 amide bonds. The Morgan fingerprint density at radius 3 is 2.52 bits per heavy atom. The van der Waals surface area contributed by atoms with E-state index in [-0.39, 0.29) is 0 Å². The molecule has 0 bridgehead atoms. The third-order valence-electron chi connectivity index (χ3n) is 5.76. The lowest BCUT2D eigenvalue weighted by Crippen LogP contribution is -2.36. The highest BCUT2D eigenvalue weighted by Crippen LogP contribution is 2.31. The summed E-state index contributed by atoms with van der Waals surface area (Å²) < 4.78 is 0. The Morgan fingerprint density at radius 2 is 1.74 bits per heavy atom. The van der Waals surface area contributed by atoms with Gasteiger partial charge in [-0.1, -0.05) is 6.92 Å². The molecule has 2 aromatic heterocycles. The highest BCUT2D eigenvalue weighted by Gasteiger charge is 2.26. The van der Waals surface area contributed by atoms with Crippen molar-refractivity contribution in [2.75, 3.05) is 36.0 Å². The van der Waals surface area contributed by atoms with Gasteiger partial charge in [-0.2, -0.15) is 0 Å². The molecule has 0 saturated carbocycles. The normalized spacial score (nSPS) is 20.3. The van der Waals surface area contributed by atoms with E-state index in [1.165, 1.54) is 36.9 Å². The fourth-order valence-electron chi connectivity index (χ4n) is 4.31. The Hall–Kier alpha value is -2.24. The van der Waals surface area contributed by atoms with Gasteiger partial charge in [-0.15, -0.1) is 0 Å². The van der Waals surface area contributed by atoms with E-state index in [1.54, 1.807) is 0 Å².